The summed E-state index contributed by atoms with van der Waals surface area (Å²) in [6.45, 7) is 4.88. The summed E-state index contributed by atoms with van der Waals surface area (Å²) < 4.78 is 25.6. The molecule has 0 radical (unpaired) electrons. The van der Waals surface area contributed by atoms with Crippen LogP contribution in [0.5, 0.6) is 0 Å². The maximum atomic E-state index is 12.0. The average molecular weight is 254 g/mol. The summed E-state index contributed by atoms with van der Waals surface area (Å²) in [5.41, 5.74) is 8.30. The lowest BCUT2D eigenvalue weighted by atomic mass is 10.1. The molecule has 0 aliphatic carbocycles. The van der Waals surface area contributed by atoms with Crippen molar-refractivity contribution in [2.24, 2.45) is 11.7 Å². The minimum atomic E-state index is -3.14. The van der Waals surface area contributed by atoms with E-state index in [9.17, 15) is 8.42 Å². The standard InChI is InChI=1S/C12H18N2O2S/c1-9-7-14(17(15,16)8-9)12-5-11(6-13)4-3-10(12)2/h3-5,9H,6-8,13H2,1-2H3. The topological polar surface area (TPSA) is 63.4 Å². The van der Waals surface area contributed by atoms with Crippen molar-refractivity contribution in [1.29, 1.82) is 0 Å². The van der Waals surface area contributed by atoms with Crippen molar-refractivity contribution in [3.05, 3.63) is 29.3 Å². The van der Waals surface area contributed by atoms with Gasteiger partial charge in [0.1, 0.15) is 0 Å². The molecule has 4 nitrogen and oxygen atoms in total. The van der Waals surface area contributed by atoms with Crippen LogP contribution in [0.4, 0.5) is 5.69 Å². The summed E-state index contributed by atoms with van der Waals surface area (Å²) in [6.07, 6.45) is 0. The van der Waals surface area contributed by atoms with E-state index in [-0.39, 0.29) is 11.7 Å². The molecule has 5 heteroatoms. The fourth-order valence-corrected chi connectivity index (χ4v) is 4.18. The summed E-state index contributed by atoms with van der Waals surface area (Å²) in [6, 6.07) is 5.74. The van der Waals surface area contributed by atoms with Crippen LogP contribution in [0, 0.1) is 12.8 Å². The highest BCUT2D eigenvalue weighted by molar-refractivity contribution is 7.93. The summed E-state index contributed by atoms with van der Waals surface area (Å²) in [5, 5.41) is 0. The molecule has 0 aromatic heterocycles. The third-order valence-corrected chi connectivity index (χ3v) is 5.09. The van der Waals surface area contributed by atoms with E-state index in [1.165, 1.54) is 4.31 Å². The molecule has 0 spiro atoms. The Labute approximate surface area is 102 Å². The monoisotopic (exact) mass is 254 g/mol. The lowest BCUT2D eigenvalue weighted by molar-refractivity contribution is 0.598. The van der Waals surface area contributed by atoms with Crippen molar-refractivity contribution in [2.45, 2.75) is 20.4 Å². The summed E-state index contributed by atoms with van der Waals surface area (Å²) in [5.74, 6) is 0.417. The van der Waals surface area contributed by atoms with Crippen LogP contribution in [0.1, 0.15) is 18.1 Å². The Hall–Kier alpha value is -1.07. The quantitative estimate of drug-likeness (QED) is 0.863. The van der Waals surface area contributed by atoms with Crippen LogP contribution in [0.2, 0.25) is 0 Å². The third-order valence-electron chi connectivity index (χ3n) is 3.09. The average Bonchev–Trinajstić information content (AvgIpc) is 2.52. The van der Waals surface area contributed by atoms with Gasteiger partial charge in [-0.1, -0.05) is 19.1 Å². The molecule has 2 N–H and O–H groups in total. The third kappa shape index (κ3) is 2.30. The van der Waals surface area contributed by atoms with Gasteiger partial charge < -0.3 is 5.73 Å². The van der Waals surface area contributed by atoms with Crippen LogP contribution in [0.3, 0.4) is 0 Å². The van der Waals surface area contributed by atoms with E-state index in [1.54, 1.807) is 0 Å². The van der Waals surface area contributed by atoms with Crippen molar-refractivity contribution in [3.8, 4) is 0 Å². The van der Waals surface area contributed by atoms with Gasteiger partial charge in [0.2, 0.25) is 10.0 Å². The molecule has 1 aliphatic heterocycles. The van der Waals surface area contributed by atoms with Crippen LogP contribution >= 0.6 is 0 Å². The highest BCUT2D eigenvalue weighted by Gasteiger charge is 2.34. The van der Waals surface area contributed by atoms with Crippen molar-refractivity contribution < 1.29 is 8.42 Å². The molecule has 1 unspecified atom stereocenters. The zero-order valence-corrected chi connectivity index (χ0v) is 11.0. The molecular formula is C12H18N2O2S. The molecule has 1 fully saturated rings. The molecule has 2 rings (SSSR count). The van der Waals surface area contributed by atoms with E-state index < -0.39 is 10.0 Å². The van der Waals surface area contributed by atoms with Gasteiger partial charge in [0.05, 0.1) is 11.4 Å². The maximum Gasteiger partial charge on any atom is 0.235 e. The van der Waals surface area contributed by atoms with Crippen molar-refractivity contribution in [2.75, 3.05) is 16.6 Å². The largest absolute Gasteiger partial charge is 0.326 e. The van der Waals surface area contributed by atoms with Crippen molar-refractivity contribution >= 4 is 15.7 Å². The molecule has 0 saturated carbocycles. The van der Waals surface area contributed by atoms with Gasteiger partial charge in [0, 0.05) is 13.1 Å². The second-order valence-electron chi connectivity index (χ2n) is 4.74. The Morgan fingerprint density at radius 3 is 2.71 bits per heavy atom. The highest BCUT2D eigenvalue weighted by atomic mass is 32.2. The normalized spacial score (nSPS) is 23.0. The highest BCUT2D eigenvalue weighted by Crippen LogP contribution is 2.30. The Kier molecular flexibility index (Phi) is 3.14. The minimum absolute atomic E-state index is 0.181. The smallest absolute Gasteiger partial charge is 0.235 e. The first-order valence-corrected chi connectivity index (χ1v) is 7.35. The molecule has 1 aliphatic rings. The number of nitrogens with two attached hydrogens (primary N) is 1. The first-order valence-electron chi connectivity index (χ1n) is 5.74. The number of benzene rings is 1. The summed E-state index contributed by atoms with van der Waals surface area (Å²) in [7, 11) is -3.14. The molecule has 1 atom stereocenters. The van der Waals surface area contributed by atoms with E-state index in [0.29, 0.717) is 13.1 Å². The number of hydrogen-bond donors (Lipinski definition) is 1. The van der Waals surface area contributed by atoms with E-state index in [0.717, 1.165) is 16.8 Å². The van der Waals surface area contributed by atoms with Crippen molar-refractivity contribution in [1.82, 2.24) is 0 Å². The summed E-state index contributed by atoms with van der Waals surface area (Å²) in [4.78, 5) is 0. The van der Waals surface area contributed by atoms with Gasteiger partial charge in [-0.15, -0.1) is 0 Å². The molecule has 17 heavy (non-hydrogen) atoms. The maximum absolute atomic E-state index is 12.0. The number of hydrogen-bond acceptors (Lipinski definition) is 3. The lowest BCUT2D eigenvalue weighted by Crippen LogP contribution is -2.26. The fourth-order valence-electron chi connectivity index (χ4n) is 2.20. The van der Waals surface area contributed by atoms with Gasteiger partial charge in [0.25, 0.3) is 0 Å². The molecular weight excluding hydrogens is 236 g/mol. The van der Waals surface area contributed by atoms with Gasteiger partial charge in [-0.3, -0.25) is 4.31 Å². The first kappa shape index (κ1) is 12.4. The molecule has 0 amide bonds. The molecule has 1 aromatic carbocycles. The molecule has 1 heterocycles. The van der Waals surface area contributed by atoms with Crippen LogP contribution in [-0.4, -0.2) is 20.7 Å². The van der Waals surface area contributed by atoms with Crippen LogP contribution < -0.4 is 10.0 Å². The Balaban J connectivity index is 2.47. The Morgan fingerprint density at radius 2 is 2.18 bits per heavy atom. The zero-order valence-electron chi connectivity index (χ0n) is 10.2. The number of nitrogens with zero attached hydrogens (tertiary/aromatic N) is 1. The molecule has 1 saturated heterocycles. The second-order valence-corrected chi connectivity index (χ2v) is 6.68. The Bertz CT molecular complexity index is 525. The number of aryl methyl sites for hydroxylation is 1. The van der Waals surface area contributed by atoms with E-state index in [2.05, 4.69) is 0 Å². The van der Waals surface area contributed by atoms with Gasteiger partial charge in [-0.2, -0.15) is 0 Å². The van der Waals surface area contributed by atoms with Gasteiger partial charge in [-0.05, 0) is 30.0 Å². The first-order chi connectivity index (χ1) is 7.94. The van der Waals surface area contributed by atoms with Crippen LogP contribution in [-0.2, 0) is 16.6 Å². The van der Waals surface area contributed by atoms with E-state index in [4.69, 9.17) is 5.73 Å². The van der Waals surface area contributed by atoms with Crippen molar-refractivity contribution in [3.63, 3.8) is 0 Å². The molecule has 1 aromatic rings. The van der Waals surface area contributed by atoms with Gasteiger partial charge >= 0.3 is 0 Å². The second kappa shape index (κ2) is 4.31. The zero-order chi connectivity index (χ0) is 12.6. The van der Waals surface area contributed by atoms with Crippen LogP contribution in [0.25, 0.3) is 0 Å². The SMILES string of the molecule is Cc1ccc(CN)cc1N1CC(C)CS1(=O)=O. The summed E-state index contributed by atoms with van der Waals surface area (Å²) >= 11 is 0. The van der Waals surface area contributed by atoms with Gasteiger partial charge in [-0.25, -0.2) is 8.42 Å². The lowest BCUT2D eigenvalue weighted by Gasteiger charge is -2.20. The van der Waals surface area contributed by atoms with E-state index in [1.807, 2.05) is 32.0 Å². The van der Waals surface area contributed by atoms with Crippen LogP contribution in [0.15, 0.2) is 18.2 Å². The molecule has 0 bridgehead atoms. The Morgan fingerprint density at radius 1 is 1.47 bits per heavy atom. The number of sulfonamides is 1. The minimum Gasteiger partial charge on any atom is -0.326 e. The molecule has 94 valence electrons. The predicted molar refractivity (Wildman–Crippen MR) is 69.4 cm³/mol. The fraction of sp³-hybridized carbons (Fsp3) is 0.500. The van der Waals surface area contributed by atoms with Gasteiger partial charge in [0.15, 0.2) is 0 Å². The predicted octanol–water partition coefficient (Wildman–Crippen LogP) is 1.24. The number of rotatable bonds is 2. The number of anilines is 1. The van der Waals surface area contributed by atoms with E-state index >= 15 is 0 Å².